The number of carbonyl (C=O) groups excluding carboxylic acids is 1. The molecule has 0 unspecified atom stereocenters. The van der Waals surface area contributed by atoms with Gasteiger partial charge in [-0.25, -0.2) is 4.98 Å². The fourth-order valence-corrected chi connectivity index (χ4v) is 2.51. The first-order chi connectivity index (χ1) is 8.11. The van der Waals surface area contributed by atoms with Crippen molar-refractivity contribution in [1.82, 2.24) is 9.88 Å². The van der Waals surface area contributed by atoms with Crippen LogP contribution in [0.15, 0.2) is 12.1 Å². The van der Waals surface area contributed by atoms with Crippen LogP contribution < -0.4 is 0 Å². The van der Waals surface area contributed by atoms with E-state index in [0.717, 1.165) is 12.8 Å². The van der Waals surface area contributed by atoms with E-state index in [2.05, 4.69) is 4.98 Å². The van der Waals surface area contributed by atoms with Crippen molar-refractivity contribution < 1.29 is 9.90 Å². The molecule has 0 saturated carbocycles. The molecule has 1 aromatic heterocycles. The third kappa shape index (κ3) is 2.70. The number of hydrogen-bond acceptors (Lipinski definition) is 3. The summed E-state index contributed by atoms with van der Waals surface area (Å²) in [5, 5.41) is 9.57. The summed E-state index contributed by atoms with van der Waals surface area (Å²) in [5.74, 6) is -0.159. The first kappa shape index (κ1) is 12.6. The van der Waals surface area contributed by atoms with Crippen molar-refractivity contribution in [1.29, 1.82) is 0 Å². The molecule has 0 aliphatic carbocycles. The van der Waals surface area contributed by atoms with Gasteiger partial charge < -0.3 is 10.0 Å². The predicted octanol–water partition coefficient (Wildman–Crippen LogP) is 1.99. The van der Waals surface area contributed by atoms with Gasteiger partial charge in [0.15, 0.2) is 0 Å². The summed E-state index contributed by atoms with van der Waals surface area (Å²) < 4.78 is 0. The molecule has 17 heavy (non-hydrogen) atoms. The smallest absolute Gasteiger partial charge is 0.254 e. The van der Waals surface area contributed by atoms with Gasteiger partial charge in [0.05, 0.1) is 12.6 Å². The molecule has 1 aliphatic heterocycles. The van der Waals surface area contributed by atoms with E-state index in [-0.39, 0.29) is 28.9 Å². The SMILES string of the molecule is O=C(c1cc(Cl)nc(Cl)c1)N1CCC[C@@H]1CO. The summed E-state index contributed by atoms with van der Waals surface area (Å²) in [4.78, 5) is 17.6. The molecule has 1 aliphatic rings. The van der Waals surface area contributed by atoms with E-state index in [1.165, 1.54) is 12.1 Å². The molecule has 1 aromatic rings. The number of amides is 1. The lowest BCUT2D eigenvalue weighted by Crippen LogP contribution is -2.37. The number of carbonyl (C=O) groups is 1. The highest BCUT2D eigenvalue weighted by molar-refractivity contribution is 6.33. The van der Waals surface area contributed by atoms with Gasteiger partial charge in [-0.15, -0.1) is 0 Å². The Morgan fingerprint density at radius 1 is 1.47 bits per heavy atom. The van der Waals surface area contributed by atoms with E-state index in [9.17, 15) is 9.90 Å². The summed E-state index contributed by atoms with van der Waals surface area (Å²) in [7, 11) is 0. The Labute approximate surface area is 109 Å². The van der Waals surface area contributed by atoms with E-state index in [1.807, 2.05) is 0 Å². The molecule has 0 aromatic carbocycles. The van der Waals surface area contributed by atoms with Gasteiger partial charge in [0.1, 0.15) is 10.3 Å². The zero-order valence-corrected chi connectivity index (χ0v) is 10.6. The Hall–Kier alpha value is -0.840. The van der Waals surface area contributed by atoms with Gasteiger partial charge in [0.2, 0.25) is 0 Å². The average molecular weight is 275 g/mol. The maximum atomic E-state index is 12.2. The molecule has 0 bridgehead atoms. The monoisotopic (exact) mass is 274 g/mol. The molecule has 6 heteroatoms. The van der Waals surface area contributed by atoms with Gasteiger partial charge in [-0.1, -0.05) is 23.2 Å². The number of aliphatic hydroxyl groups excluding tert-OH is 1. The Morgan fingerprint density at radius 2 is 2.12 bits per heavy atom. The summed E-state index contributed by atoms with van der Waals surface area (Å²) in [6.45, 7) is 0.639. The summed E-state index contributed by atoms with van der Waals surface area (Å²) in [5.41, 5.74) is 0.412. The maximum absolute atomic E-state index is 12.2. The first-order valence-corrected chi connectivity index (χ1v) is 6.12. The number of aromatic nitrogens is 1. The van der Waals surface area contributed by atoms with Crippen LogP contribution >= 0.6 is 23.2 Å². The lowest BCUT2D eigenvalue weighted by atomic mass is 10.2. The third-order valence-electron chi connectivity index (χ3n) is 2.86. The molecule has 2 heterocycles. The van der Waals surface area contributed by atoms with E-state index in [1.54, 1.807) is 4.90 Å². The quantitative estimate of drug-likeness (QED) is 0.840. The molecule has 1 amide bonds. The first-order valence-electron chi connectivity index (χ1n) is 5.36. The van der Waals surface area contributed by atoms with Crippen LogP contribution in [0.3, 0.4) is 0 Å². The van der Waals surface area contributed by atoms with Crippen molar-refractivity contribution in [2.45, 2.75) is 18.9 Å². The minimum atomic E-state index is -0.159. The highest BCUT2D eigenvalue weighted by atomic mass is 35.5. The van der Waals surface area contributed by atoms with Gasteiger partial charge in [0.25, 0.3) is 5.91 Å². The summed E-state index contributed by atoms with van der Waals surface area (Å²) in [6, 6.07) is 2.87. The Bertz CT molecular complexity index is 419. The van der Waals surface area contributed by atoms with Crippen molar-refractivity contribution in [2.24, 2.45) is 0 Å². The van der Waals surface area contributed by atoms with E-state index in [0.29, 0.717) is 12.1 Å². The second kappa shape index (κ2) is 5.21. The number of halogens is 2. The highest BCUT2D eigenvalue weighted by Gasteiger charge is 2.29. The van der Waals surface area contributed by atoms with Crippen molar-refractivity contribution in [3.8, 4) is 0 Å². The van der Waals surface area contributed by atoms with Gasteiger partial charge in [0, 0.05) is 12.1 Å². The molecule has 1 atom stereocenters. The Kier molecular flexibility index (Phi) is 3.86. The van der Waals surface area contributed by atoms with Crippen LogP contribution in [0.5, 0.6) is 0 Å². The van der Waals surface area contributed by atoms with E-state index < -0.39 is 0 Å². The van der Waals surface area contributed by atoms with Crippen molar-refractivity contribution in [3.05, 3.63) is 28.0 Å². The number of aliphatic hydroxyl groups is 1. The molecule has 4 nitrogen and oxygen atoms in total. The number of likely N-dealkylation sites (tertiary alicyclic amines) is 1. The largest absolute Gasteiger partial charge is 0.394 e. The molecule has 1 saturated heterocycles. The molecule has 2 rings (SSSR count). The molecule has 0 spiro atoms. The Morgan fingerprint density at radius 3 is 2.71 bits per heavy atom. The molecule has 0 radical (unpaired) electrons. The molecule has 1 fully saturated rings. The standard InChI is InChI=1S/C11H12Cl2N2O2/c12-9-4-7(5-10(13)14-9)11(17)15-3-1-2-8(15)6-16/h4-5,8,16H,1-3,6H2/t8-/m1/s1. The highest BCUT2D eigenvalue weighted by Crippen LogP contribution is 2.22. The topological polar surface area (TPSA) is 53.4 Å². The molecule has 92 valence electrons. The van der Waals surface area contributed by atoms with E-state index in [4.69, 9.17) is 23.2 Å². The van der Waals surface area contributed by atoms with Crippen LogP contribution in [0.25, 0.3) is 0 Å². The number of rotatable bonds is 2. The lowest BCUT2D eigenvalue weighted by Gasteiger charge is -2.23. The summed E-state index contributed by atoms with van der Waals surface area (Å²) >= 11 is 11.5. The van der Waals surface area contributed by atoms with Gasteiger partial charge in [-0.05, 0) is 25.0 Å². The number of hydrogen-bond donors (Lipinski definition) is 1. The second-order valence-corrected chi connectivity index (χ2v) is 4.75. The zero-order valence-electron chi connectivity index (χ0n) is 9.07. The van der Waals surface area contributed by atoms with Crippen LogP contribution in [0, 0.1) is 0 Å². The van der Waals surface area contributed by atoms with Crippen LogP contribution in [0.4, 0.5) is 0 Å². The Balaban J connectivity index is 2.24. The van der Waals surface area contributed by atoms with Crippen LogP contribution in [0.2, 0.25) is 10.3 Å². The average Bonchev–Trinajstić information content (AvgIpc) is 2.74. The summed E-state index contributed by atoms with van der Waals surface area (Å²) in [6.07, 6.45) is 1.73. The second-order valence-electron chi connectivity index (χ2n) is 3.98. The van der Waals surface area contributed by atoms with Crippen LogP contribution in [-0.4, -0.2) is 40.1 Å². The van der Waals surface area contributed by atoms with Crippen molar-refractivity contribution in [3.63, 3.8) is 0 Å². The normalized spacial score (nSPS) is 19.7. The van der Waals surface area contributed by atoms with Crippen LogP contribution in [0.1, 0.15) is 23.2 Å². The van der Waals surface area contributed by atoms with Crippen LogP contribution in [-0.2, 0) is 0 Å². The maximum Gasteiger partial charge on any atom is 0.254 e. The third-order valence-corrected chi connectivity index (χ3v) is 3.25. The predicted molar refractivity (Wildman–Crippen MR) is 65.4 cm³/mol. The van der Waals surface area contributed by atoms with Crippen molar-refractivity contribution in [2.75, 3.05) is 13.2 Å². The van der Waals surface area contributed by atoms with Gasteiger partial charge in [-0.3, -0.25) is 4.79 Å². The molecular weight excluding hydrogens is 263 g/mol. The van der Waals surface area contributed by atoms with E-state index >= 15 is 0 Å². The fourth-order valence-electron chi connectivity index (χ4n) is 2.05. The fraction of sp³-hybridized carbons (Fsp3) is 0.455. The van der Waals surface area contributed by atoms with Gasteiger partial charge >= 0.3 is 0 Å². The zero-order chi connectivity index (χ0) is 12.4. The number of nitrogens with zero attached hydrogens (tertiary/aromatic N) is 2. The van der Waals surface area contributed by atoms with Gasteiger partial charge in [-0.2, -0.15) is 0 Å². The minimum Gasteiger partial charge on any atom is -0.394 e. The lowest BCUT2D eigenvalue weighted by molar-refractivity contribution is 0.0677. The minimum absolute atomic E-state index is 0.0156. The molecular formula is C11H12Cl2N2O2. The number of pyridine rings is 1. The molecule has 1 N–H and O–H groups in total. The van der Waals surface area contributed by atoms with Crippen molar-refractivity contribution >= 4 is 29.1 Å².